The van der Waals surface area contributed by atoms with E-state index < -0.39 is 46.2 Å². The van der Waals surface area contributed by atoms with Crippen molar-refractivity contribution in [1.29, 1.82) is 0 Å². The molecule has 3 aromatic heterocycles. The first kappa shape index (κ1) is 36.4. The molecule has 2 aliphatic rings. The Bertz CT molecular complexity index is 2180. The Labute approximate surface area is 294 Å². The first-order chi connectivity index (χ1) is 24.5. The molecule has 272 valence electrons. The maximum absolute atomic E-state index is 14.5. The van der Waals surface area contributed by atoms with E-state index >= 15 is 0 Å². The van der Waals surface area contributed by atoms with E-state index in [4.69, 9.17) is 12.6 Å². The molecule has 1 unspecified atom stereocenters. The van der Waals surface area contributed by atoms with Gasteiger partial charge in [0.2, 0.25) is 5.78 Å². The molecule has 15 nitrogen and oxygen atoms in total. The predicted molar refractivity (Wildman–Crippen MR) is 177 cm³/mol. The van der Waals surface area contributed by atoms with E-state index in [0.29, 0.717) is 30.7 Å². The Morgan fingerprint density at radius 1 is 1.12 bits per heavy atom. The molecule has 0 spiro atoms. The van der Waals surface area contributed by atoms with Gasteiger partial charge in [-0.05, 0) is 50.0 Å². The Kier molecular flexibility index (Phi) is 9.56. The van der Waals surface area contributed by atoms with Gasteiger partial charge >= 0.3 is 6.18 Å². The summed E-state index contributed by atoms with van der Waals surface area (Å²) in [6.45, 7) is 5.26. The number of aromatic hydroxyl groups is 1. The van der Waals surface area contributed by atoms with E-state index in [1.165, 1.54) is 18.7 Å². The zero-order valence-corrected chi connectivity index (χ0v) is 28.2. The molecule has 1 aromatic carbocycles. The highest BCUT2D eigenvalue weighted by molar-refractivity contribution is 6.27. The van der Waals surface area contributed by atoms with E-state index in [0.717, 1.165) is 15.4 Å². The van der Waals surface area contributed by atoms with Crippen LogP contribution >= 0.6 is 0 Å². The molecule has 4 aromatic rings. The number of hydrogen-bond acceptors (Lipinski definition) is 11. The number of anilines is 2. The Balaban J connectivity index is 1.42. The molecule has 1 atom stereocenters. The first-order valence-electron chi connectivity index (χ1n) is 16.1. The number of rotatable bonds is 7. The van der Waals surface area contributed by atoms with Gasteiger partial charge in [0.15, 0.2) is 30.7 Å². The number of benzene rings is 1. The third-order valence-electron chi connectivity index (χ3n) is 8.95. The summed E-state index contributed by atoms with van der Waals surface area (Å²) in [6, 6.07) is 0.979. The number of piperazine rings is 1. The fourth-order valence-corrected chi connectivity index (χ4v) is 6.16. The largest absolute Gasteiger partial charge is 0.504 e. The van der Waals surface area contributed by atoms with Crippen molar-refractivity contribution in [2.45, 2.75) is 45.4 Å². The lowest BCUT2D eigenvalue weighted by Crippen LogP contribution is -2.53. The van der Waals surface area contributed by atoms with Gasteiger partial charge in [-0.25, -0.2) is 14.4 Å². The fraction of sp³-hybridized carbons (Fsp3) is 0.406. The number of fused-ring (bicyclic) bond motifs is 1. The number of nitrogens with zero attached hydrogens (tertiary/aromatic N) is 8. The van der Waals surface area contributed by atoms with Crippen LogP contribution in [0.4, 0.5) is 28.9 Å². The molecule has 20 heteroatoms. The summed E-state index contributed by atoms with van der Waals surface area (Å²) in [5, 5.41) is 28.8. The lowest BCUT2D eigenvalue weighted by atomic mass is 9.88. The van der Waals surface area contributed by atoms with E-state index in [-0.39, 0.29) is 84.9 Å². The van der Waals surface area contributed by atoms with Gasteiger partial charge in [0.25, 0.3) is 17.4 Å². The molecular formula is C32H32BF4N9O6. The molecule has 2 amide bonds. The zero-order valence-electron chi connectivity index (χ0n) is 28.2. The second-order valence-corrected chi connectivity index (χ2v) is 12.3. The van der Waals surface area contributed by atoms with Gasteiger partial charge in [0.05, 0.1) is 30.2 Å². The molecule has 5 heterocycles. The van der Waals surface area contributed by atoms with Crippen LogP contribution in [-0.4, -0.2) is 103 Å². The van der Waals surface area contributed by atoms with E-state index in [1.54, 1.807) is 17.9 Å². The molecule has 0 saturated carbocycles. The predicted octanol–water partition coefficient (Wildman–Crippen LogP) is 1.90. The summed E-state index contributed by atoms with van der Waals surface area (Å²) in [5.74, 6) is -4.18. The van der Waals surface area contributed by atoms with Crippen LogP contribution in [0.15, 0.2) is 29.3 Å². The van der Waals surface area contributed by atoms with Crippen LogP contribution in [0.5, 0.6) is 5.75 Å². The molecule has 2 aliphatic heterocycles. The smallest absolute Gasteiger partial charge is 0.419 e. The van der Waals surface area contributed by atoms with Crippen LogP contribution in [-0.2, 0) is 27.8 Å². The molecular weight excluding hydrogens is 693 g/mol. The third-order valence-corrected chi connectivity index (χ3v) is 8.95. The van der Waals surface area contributed by atoms with Gasteiger partial charge < -0.3 is 30.1 Å². The number of aromatic nitrogens is 6. The van der Waals surface area contributed by atoms with Crippen LogP contribution in [0.1, 0.15) is 52.2 Å². The minimum atomic E-state index is -5.00. The van der Waals surface area contributed by atoms with Gasteiger partial charge in [0.1, 0.15) is 17.8 Å². The fourth-order valence-electron chi connectivity index (χ4n) is 6.16. The van der Waals surface area contributed by atoms with Crippen LogP contribution in [0.2, 0.25) is 0 Å². The van der Waals surface area contributed by atoms with Gasteiger partial charge in [-0.1, -0.05) is 13.0 Å². The summed E-state index contributed by atoms with van der Waals surface area (Å²) in [4.78, 5) is 56.6. The van der Waals surface area contributed by atoms with Crippen LogP contribution in [0, 0.1) is 19.7 Å². The normalized spacial score (nSPS) is 16.5. The molecule has 3 N–H and O–H groups in total. The quantitative estimate of drug-likeness (QED) is 0.187. The summed E-state index contributed by atoms with van der Waals surface area (Å²) in [6.07, 6.45) is -1.74. The maximum atomic E-state index is 14.5. The van der Waals surface area contributed by atoms with Crippen molar-refractivity contribution < 1.29 is 42.1 Å². The number of halogens is 4. The molecule has 52 heavy (non-hydrogen) atoms. The third kappa shape index (κ3) is 6.47. The van der Waals surface area contributed by atoms with E-state index in [1.807, 2.05) is 0 Å². The van der Waals surface area contributed by atoms with Gasteiger partial charge in [-0.15, -0.1) is 5.10 Å². The first-order valence-corrected chi connectivity index (χ1v) is 16.1. The van der Waals surface area contributed by atoms with Crippen molar-refractivity contribution in [3.8, 4) is 5.75 Å². The Morgan fingerprint density at radius 3 is 2.46 bits per heavy atom. The number of hydrogen-bond donors (Lipinski definition) is 3. The summed E-state index contributed by atoms with van der Waals surface area (Å²) >= 11 is 0. The van der Waals surface area contributed by atoms with Crippen molar-refractivity contribution in [3.63, 3.8) is 0 Å². The van der Waals surface area contributed by atoms with Crippen LogP contribution in [0.25, 0.3) is 11.4 Å². The second-order valence-electron chi connectivity index (χ2n) is 12.3. The van der Waals surface area contributed by atoms with Crippen molar-refractivity contribution in [3.05, 3.63) is 74.7 Å². The Hall–Kier alpha value is -5.37. The number of alkyl halides is 3. The van der Waals surface area contributed by atoms with E-state index in [9.17, 15) is 42.2 Å². The van der Waals surface area contributed by atoms with Crippen LogP contribution < -0.4 is 15.8 Å². The minimum Gasteiger partial charge on any atom is -0.504 e. The summed E-state index contributed by atoms with van der Waals surface area (Å²) in [5.41, 5.74) is -5.18. The number of nitrogens with one attached hydrogen (secondary N) is 1. The van der Waals surface area contributed by atoms with Crippen molar-refractivity contribution in [1.82, 2.24) is 34.0 Å². The summed E-state index contributed by atoms with van der Waals surface area (Å²) < 4.78 is 61.6. The molecule has 1 fully saturated rings. The number of carbonyl (C=O) groups is 2. The van der Waals surface area contributed by atoms with Gasteiger partial charge in [-0.2, -0.15) is 22.7 Å². The Morgan fingerprint density at radius 2 is 1.83 bits per heavy atom. The number of ether oxygens (including phenoxy) is 1. The average molecular weight is 725 g/mol. The number of carbonyl (C=O) groups excluding carboxylic acids is 2. The van der Waals surface area contributed by atoms with Crippen LogP contribution in [0.3, 0.4) is 0 Å². The monoisotopic (exact) mass is 725 g/mol. The highest BCUT2D eigenvalue weighted by Crippen LogP contribution is 2.35. The van der Waals surface area contributed by atoms with Gasteiger partial charge in [0, 0.05) is 31.9 Å². The second kappa shape index (κ2) is 13.6. The van der Waals surface area contributed by atoms with Crippen molar-refractivity contribution in [2.75, 3.05) is 49.6 Å². The molecule has 0 bridgehead atoms. The van der Waals surface area contributed by atoms with Crippen molar-refractivity contribution >= 4 is 42.4 Å². The highest BCUT2D eigenvalue weighted by atomic mass is 19.4. The molecule has 0 aliphatic carbocycles. The van der Waals surface area contributed by atoms with Crippen molar-refractivity contribution in [2.24, 2.45) is 0 Å². The van der Waals surface area contributed by atoms with E-state index in [2.05, 4.69) is 25.4 Å². The standard InChI is InChI=1S/C32H32BF4N9O6/c1-4-22-24(43-7-9-44(10-8-43)27(48)23-25(47)17(3)38-15-39-23)28(49)46-30(41-26(42-46)18-5-11-52-12-6-18)45(22)31(33,51)29(50)40-21-14-20(34)19(13-16(21)2)32(35,36)37/h5,13-15,47,51H,4,6-12H2,1-3H3,(H,40,50). The summed E-state index contributed by atoms with van der Waals surface area (Å²) in [7, 11) is 6.36. The lowest BCUT2D eigenvalue weighted by Gasteiger charge is -2.38. The number of aliphatic hydroxyl groups is 1. The topological polar surface area (TPSA) is 180 Å². The molecule has 2 radical (unpaired) electrons. The number of amides is 2. The average Bonchev–Trinajstić information content (AvgIpc) is 3.56. The maximum Gasteiger partial charge on any atom is 0.419 e. The minimum absolute atomic E-state index is 0.00619. The zero-order chi connectivity index (χ0) is 37.7. The van der Waals surface area contributed by atoms with Gasteiger partial charge in [-0.3, -0.25) is 19.0 Å². The molecule has 6 rings (SSSR count). The highest BCUT2D eigenvalue weighted by Gasteiger charge is 2.40. The molecule has 1 saturated heterocycles. The lowest BCUT2D eigenvalue weighted by molar-refractivity contribution is -0.140. The number of aryl methyl sites for hydroxylation is 2. The SMILES string of the molecule is [B]C(O)(C(=O)Nc1cc(F)c(C(F)(F)F)cc1C)n1c(CC)c(N2CCN(C(=O)c3ncnc(C)c3O)CC2)c(=O)n2nc(C3=CCOCC3)nc12.